The lowest BCUT2D eigenvalue weighted by Crippen LogP contribution is -2.46. The summed E-state index contributed by atoms with van der Waals surface area (Å²) in [6.45, 7) is 5.81. The van der Waals surface area contributed by atoms with Gasteiger partial charge in [0.15, 0.2) is 0 Å². The molecule has 5 rings (SSSR count). The summed E-state index contributed by atoms with van der Waals surface area (Å²) in [6, 6.07) is 7.15. The third kappa shape index (κ3) is 3.87. The van der Waals surface area contributed by atoms with Crippen molar-refractivity contribution >= 4 is 40.3 Å². The molecule has 0 bridgehead atoms. The number of pyridine rings is 1. The number of anilines is 2. The number of halogens is 1. The molecule has 34 heavy (non-hydrogen) atoms. The molecule has 2 N–H and O–H groups in total. The number of hydrogen-bond donors (Lipinski definition) is 2. The second-order valence-corrected chi connectivity index (χ2v) is 8.25. The minimum absolute atomic E-state index is 0.0590. The number of aliphatic imine (C=N–C) groups is 1. The Kier molecular flexibility index (Phi) is 5.70. The Morgan fingerprint density at radius 3 is 2.68 bits per heavy atom. The van der Waals surface area contributed by atoms with E-state index in [9.17, 15) is 14.0 Å². The van der Waals surface area contributed by atoms with Crippen LogP contribution in [0, 0.1) is 5.95 Å². The van der Waals surface area contributed by atoms with Gasteiger partial charge in [0.05, 0.1) is 28.6 Å². The van der Waals surface area contributed by atoms with Crippen LogP contribution in [0.15, 0.2) is 34.1 Å². The highest BCUT2D eigenvalue weighted by atomic mass is 19.1. The SMILES string of the molecule is CCn1c2c3c(cc(CN4CCN(c5ccc(C(=O)NC)nc5F)CC4)cc3nc1=O)NC=N2. The first kappa shape index (κ1) is 22.0. The smallest absolute Gasteiger partial charge is 0.349 e. The van der Waals surface area contributed by atoms with Gasteiger partial charge in [-0.25, -0.2) is 14.8 Å². The number of piperazine rings is 1. The van der Waals surface area contributed by atoms with E-state index in [1.807, 2.05) is 17.9 Å². The van der Waals surface area contributed by atoms with Crippen LogP contribution in [-0.2, 0) is 13.1 Å². The third-order valence-corrected chi connectivity index (χ3v) is 6.23. The van der Waals surface area contributed by atoms with Gasteiger partial charge >= 0.3 is 5.69 Å². The summed E-state index contributed by atoms with van der Waals surface area (Å²) >= 11 is 0. The highest BCUT2D eigenvalue weighted by molar-refractivity contribution is 6.06. The van der Waals surface area contributed by atoms with Crippen molar-refractivity contribution in [1.29, 1.82) is 0 Å². The fourth-order valence-corrected chi connectivity index (χ4v) is 4.51. The molecule has 1 fully saturated rings. The molecule has 1 aromatic carbocycles. The zero-order chi connectivity index (χ0) is 23.8. The van der Waals surface area contributed by atoms with Gasteiger partial charge in [0.25, 0.3) is 5.91 Å². The Morgan fingerprint density at radius 1 is 1.18 bits per heavy atom. The quantitative estimate of drug-likeness (QED) is 0.554. The largest absolute Gasteiger partial charge is 0.365 e. The number of carbonyl (C=O) groups is 1. The Balaban J connectivity index is 1.31. The Morgan fingerprint density at radius 2 is 1.97 bits per heavy atom. The van der Waals surface area contributed by atoms with Gasteiger partial charge in [0.2, 0.25) is 5.95 Å². The number of nitrogens with one attached hydrogen (secondary N) is 2. The zero-order valence-corrected chi connectivity index (χ0v) is 19.0. The summed E-state index contributed by atoms with van der Waals surface area (Å²) in [5.74, 6) is -0.430. The molecule has 0 saturated carbocycles. The first-order valence-electron chi connectivity index (χ1n) is 11.2. The monoisotopic (exact) mass is 464 g/mol. The normalized spacial score (nSPS) is 15.4. The minimum Gasteiger partial charge on any atom is -0.365 e. The van der Waals surface area contributed by atoms with Gasteiger partial charge in [0, 0.05) is 46.3 Å². The molecule has 0 atom stereocenters. The average molecular weight is 465 g/mol. The van der Waals surface area contributed by atoms with Crippen LogP contribution in [0.4, 0.5) is 21.6 Å². The van der Waals surface area contributed by atoms with E-state index in [1.165, 1.54) is 13.1 Å². The molecule has 4 heterocycles. The highest BCUT2D eigenvalue weighted by Gasteiger charge is 2.23. The average Bonchev–Trinajstić information content (AvgIpc) is 2.84. The molecule has 10 nitrogen and oxygen atoms in total. The van der Waals surface area contributed by atoms with Crippen molar-refractivity contribution in [3.63, 3.8) is 0 Å². The summed E-state index contributed by atoms with van der Waals surface area (Å²) in [5, 5.41) is 6.47. The lowest BCUT2D eigenvalue weighted by Gasteiger charge is -2.36. The molecule has 0 radical (unpaired) electrons. The van der Waals surface area contributed by atoms with Crippen molar-refractivity contribution < 1.29 is 9.18 Å². The van der Waals surface area contributed by atoms with Crippen LogP contribution in [0.2, 0.25) is 0 Å². The lowest BCUT2D eigenvalue weighted by molar-refractivity contribution is 0.0957. The number of amides is 1. The minimum atomic E-state index is -0.643. The summed E-state index contributed by atoms with van der Waals surface area (Å²) in [5.41, 5.74) is 2.70. The van der Waals surface area contributed by atoms with E-state index in [0.717, 1.165) is 29.7 Å². The zero-order valence-electron chi connectivity index (χ0n) is 19.0. The second kappa shape index (κ2) is 8.82. The molecular weight excluding hydrogens is 439 g/mol. The summed E-state index contributed by atoms with van der Waals surface area (Å²) in [7, 11) is 1.49. The molecule has 0 spiro atoms. The van der Waals surface area contributed by atoms with Crippen molar-refractivity contribution in [1.82, 2.24) is 24.8 Å². The number of rotatable bonds is 5. The van der Waals surface area contributed by atoms with Gasteiger partial charge in [-0.05, 0) is 36.8 Å². The molecule has 176 valence electrons. The molecule has 1 amide bonds. The van der Waals surface area contributed by atoms with Crippen molar-refractivity contribution in [3.8, 4) is 0 Å². The van der Waals surface area contributed by atoms with Crippen molar-refractivity contribution in [2.75, 3.05) is 43.4 Å². The van der Waals surface area contributed by atoms with Crippen LogP contribution in [0.1, 0.15) is 23.0 Å². The van der Waals surface area contributed by atoms with Crippen LogP contribution in [0.3, 0.4) is 0 Å². The van der Waals surface area contributed by atoms with E-state index >= 15 is 0 Å². The third-order valence-electron chi connectivity index (χ3n) is 6.23. The lowest BCUT2D eigenvalue weighted by atomic mass is 10.1. The van der Waals surface area contributed by atoms with Gasteiger partial charge in [0.1, 0.15) is 11.5 Å². The molecule has 2 aromatic heterocycles. The number of hydrogen-bond acceptors (Lipinski definition) is 8. The number of benzene rings is 1. The van der Waals surface area contributed by atoms with Gasteiger partial charge in [-0.3, -0.25) is 14.3 Å². The van der Waals surface area contributed by atoms with Crippen LogP contribution >= 0.6 is 0 Å². The van der Waals surface area contributed by atoms with Crippen LogP contribution in [-0.4, -0.2) is 64.9 Å². The molecule has 0 aliphatic carbocycles. The maximum Gasteiger partial charge on any atom is 0.349 e. The molecular formula is C23H25FN8O2. The Bertz CT molecular complexity index is 1360. The van der Waals surface area contributed by atoms with Gasteiger partial charge in [-0.15, -0.1) is 0 Å². The van der Waals surface area contributed by atoms with Gasteiger partial charge in [-0.2, -0.15) is 9.37 Å². The summed E-state index contributed by atoms with van der Waals surface area (Å²) in [6.07, 6.45) is 1.60. The van der Waals surface area contributed by atoms with Crippen molar-refractivity contribution in [2.24, 2.45) is 4.99 Å². The van der Waals surface area contributed by atoms with E-state index in [-0.39, 0.29) is 11.4 Å². The Hall–Kier alpha value is -3.86. The molecule has 3 aromatic rings. The van der Waals surface area contributed by atoms with E-state index < -0.39 is 11.9 Å². The molecule has 2 aliphatic heterocycles. The first-order chi connectivity index (χ1) is 16.5. The predicted molar refractivity (Wildman–Crippen MR) is 129 cm³/mol. The predicted octanol–water partition coefficient (Wildman–Crippen LogP) is 1.72. The van der Waals surface area contributed by atoms with Crippen LogP contribution in [0.5, 0.6) is 0 Å². The van der Waals surface area contributed by atoms with Gasteiger partial charge < -0.3 is 15.5 Å². The molecule has 0 unspecified atom stereocenters. The van der Waals surface area contributed by atoms with Crippen LogP contribution < -0.4 is 21.2 Å². The topological polar surface area (TPSA) is 108 Å². The first-order valence-corrected chi connectivity index (χ1v) is 11.2. The second-order valence-electron chi connectivity index (χ2n) is 8.25. The van der Waals surface area contributed by atoms with Gasteiger partial charge in [-0.1, -0.05) is 0 Å². The van der Waals surface area contributed by atoms with Crippen molar-refractivity contribution in [2.45, 2.75) is 20.0 Å². The standard InChI is InChI=1S/C23H25FN8O2/c1-3-32-21-19-16(26-13-27-21)10-14(11-17(19)29-23(32)34)12-30-6-8-31(9-7-30)18-5-4-15(22(33)25-2)28-20(18)24/h4-5,10-11,13H,3,6-9,12H2,1-2H3,(H,25,33)(H,26,27). The van der Waals surface area contributed by atoms with Crippen LogP contribution in [0.25, 0.3) is 10.9 Å². The molecule has 1 saturated heterocycles. The maximum atomic E-state index is 14.5. The fourth-order valence-electron chi connectivity index (χ4n) is 4.51. The summed E-state index contributed by atoms with van der Waals surface area (Å²) in [4.78, 5) is 40.8. The van der Waals surface area contributed by atoms with E-state index in [0.29, 0.717) is 43.2 Å². The van der Waals surface area contributed by atoms with E-state index in [1.54, 1.807) is 17.0 Å². The maximum absolute atomic E-state index is 14.5. The Labute approximate surface area is 195 Å². The molecule has 2 aliphatic rings. The number of aromatic nitrogens is 3. The van der Waals surface area contributed by atoms with Crippen molar-refractivity contribution in [3.05, 3.63) is 52.0 Å². The summed E-state index contributed by atoms with van der Waals surface area (Å²) < 4.78 is 16.1. The molecule has 11 heteroatoms. The van der Waals surface area contributed by atoms with E-state index in [4.69, 9.17) is 0 Å². The van der Waals surface area contributed by atoms with E-state index in [2.05, 4.69) is 36.6 Å². The number of carbonyl (C=O) groups excluding carboxylic acids is 1. The fraction of sp³-hybridized carbons (Fsp3) is 0.348. The number of nitrogens with zero attached hydrogens (tertiary/aromatic N) is 6. The highest BCUT2D eigenvalue weighted by Crippen LogP contribution is 2.34.